The van der Waals surface area contributed by atoms with Gasteiger partial charge in [-0.25, -0.2) is 4.98 Å². The highest BCUT2D eigenvalue weighted by Crippen LogP contribution is 2.41. The molecule has 0 aromatic carbocycles. The lowest BCUT2D eigenvalue weighted by Gasteiger charge is -2.10. The zero-order chi connectivity index (χ0) is 19.9. The molecule has 1 atom stereocenters. The number of allylic oxidation sites excluding steroid dienone is 1. The molecule has 154 valence electrons. The van der Waals surface area contributed by atoms with Gasteiger partial charge in [-0.1, -0.05) is 12.8 Å². The van der Waals surface area contributed by atoms with Gasteiger partial charge in [0.2, 0.25) is 0 Å². The lowest BCUT2D eigenvalue weighted by Crippen LogP contribution is -2.29. The van der Waals surface area contributed by atoms with Gasteiger partial charge in [0.15, 0.2) is 0 Å². The van der Waals surface area contributed by atoms with Gasteiger partial charge in [-0.2, -0.15) is 0 Å². The minimum Gasteiger partial charge on any atom is -0.341 e. The summed E-state index contributed by atoms with van der Waals surface area (Å²) >= 11 is 3.74. The van der Waals surface area contributed by atoms with Crippen LogP contribution in [0.15, 0.2) is 41.7 Å². The predicted octanol–water partition coefficient (Wildman–Crippen LogP) is 6.46. The summed E-state index contributed by atoms with van der Waals surface area (Å²) < 4.78 is 0. The summed E-state index contributed by atoms with van der Waals surface area (Å²) in [5.74, 6) is 1.81. The fraction of sp³-hybridized carbons (Fsp3) is 0.417. The summed E-state index contributed by atoms with van der Waals surface area (Å²) in [5.41, 5.74) is 3.83. The van der Waals surface area contributed by atoms with Crippen LogP contribution in [0.25, 0.3) is 25.9 Å². The minimum atomic E-state index is 0.488. The highest BCUT2D eigenvalue weighted by molar-refractivity contribution is 7.24. The topological polar surface area (TPSA) is 53.1 Å². The van der Waals surface area contributed by atoms with Crippen LogP contribution >= 0.6 is 22.7 Å². The number of rotatable bonds is 5. The molecule has 0 amide bonds. The Labute approximate surface area is 185 Å². The van der Waals surface area contributed by atoms with Gasteiger partial charge in [-0.3, -0.25) is 4.99 Å². The molecule has 0 unspecified atom stereocenters. The third-order valence-corrected chi connectivity index (χ3v) is 9.07. The molecule has 6 heteroatoms. The number of nitrogens with zero attached hydrogens (tertiary/aromatic N) is 2. The van der Waals surface area contributed by atoms with Crippen LogP contribution in [0.3, 0.4) is 0 Å². The third kappa shape index (κ3) is 3.51. The van der Waals surface area contributed by atoms with Gasteiger partial charge in [-0.15, -0.1) is 22.7 Å². The molecule has 1 aliphatic carbocycles. The van der Waals surface area contributed by atoms with Crippen LogP contribution < -0.4 is 5.32 Å². The second kappa shape index (κ2) is 7.91. The fourth-order valence-electron chi connectivity index (χ4n) is 4.91. The van der Waals surface area contributed by atoms with Gasteiger partial charge in [0, 0.05) is 44.9 Å². The number of hydrogen-bond donors (Lipinski definition) is 2. The molecule has 0 bridgehead atoms. The van der Waals surface area contributed by atoms with Crippen molar-refractivity contribution in [3.05, 3.63) is 47.4 Å². The van der Waals surface area contributed by atoms with E-state index in [1.165, 1.54) is 75.1 Å². The minimum absolute atomic E-state index is 0.488. The number of thiophene rings is 2. The maximum Gasteiger partial charge on any atom is 0.109 e. The second-order valence-corrected chi connectivity index (χ2v) is 10.8. The van der Waals surface area contributed by atoms with E-state index in [2.05, 4.69) is 45.8 Å². The number of H-pyrrole nitrogens is 1. The van der Waals surface area contributed by atoms with E-state index in [0.717, 1.165) is 18.7 Å². The van der Waals surface area contributed by atoms with Crippen molar-refractivity contribution in [2.24, 2.45) is 4.99 Å². The fourth-order valence-corrected chi connectivity index (χ4v) is 6.98. The molecule has 1 saturated heterocycles. The molecular formula is C24H26N4S2. The predicted molar refractivity (Wildman–Crippen MR) is 127 cm³/mol. The molecule has 0 spiro atoms. The van der Waals surface area contributed by atoms with Crippen molar-refractivity contribution in [2.75, 3.05) is 6.54 Å². The first-order valence-electron chi connectivity index (χ1n) is 11.1. The largest absolute Gasteiger partial charge is 0.341 e. The van der Waals surface area contributed by atoms with Gasteiger partial charge >= 0.3 is 0 Å². The van der Waals surface area contributed by atoms with E-state index in [-0.39, 0.29) is 0 Å². The third-order valence-electron chi connectivity index (χ3n) is 6.59. The first-order valence-corrected chi connectivity index (χ1v) is 12.7. The summed E-state index contributed by atoms with van der Waals surface area (Å²) in [6.45, 7) is 1.13. The smallest absolute Gasteiger partial charge is 0.109 e. The van der Waals surface area contributed by atoms with Crippen LogP contribution in [-0.2, 0) is 0 Å². The van der Waals surface area contributed by atoms with Crippen molar-refractivity contribution in [1.29, 1.82) is 0 Å². The number of hydrogen-bond acceptors (Lipinski definition) is 5. The average molecular weight is 435 g/mol. The van der Waals surface area contributed by atoms with Crippen molar-refractivity contribution < 1.29 is 0 Å². The maximum atomic E-state index is 4.73. The SMILES string of the molecule is C1=C(c2ccc(-c3ccc(-c4cnc(C5CCCC5)[nH]4)s3)s2)CC([C@@H]2CCCN2)=N1. The van der Waals surface area contributed by atoms with E-state index in [1.807, 2.05) is 28.9 Å². The van der Waals surface area contributed by atoms with Crippen LogP contribution in [0.2, 0.25) is 0 Å². The first-order chi connectivity index (χ1) is 14.8. The van der Waals surface area contributed by atoms with Gasteiger partial charge in [0.25, 0.3) is 0 Å². The Hall–Kier alpha value is -2.02. The summed E-state index contributed by atoms with van der Waals surface area (Å²) in [4.78, 5) is 18.3. The molecule has 30 heavy (non-hydrogen) atoms. The molecule has 2 N–H and O–H groups in total. The molecule has 3 aromatic rings. The van der Waals surface area contributed by atoms with Gasteiger partial charge in [0.05, 0.1) is 16.8 Å². The zero-order valence-electron chi connectivity index (χ0n) is 17.0. The van der Waals surface area contributed by atoms with E-state index in [0.29, 0.717) is 12.0 Å². The Kier molecular flexibility index (Phi) is 4.94. The Bertz CT molecular complexity index is 1100. The average Bonchev–Trinajstić information content (AvgIpc) is 3.62. The molecule has 3 aliphatic rings. The molecule has 1 saturated carbocycles. The van der Waals surface area contributed by atoms with Crippen LogP contribution in [-0.4, -0.2) is 28.3 Å². The summed E-state index contributed by atoms with van der Waals surface area (Å²) in [6, 6.07) is 9.49. The van der Waals surface area contributed by atoms with Crippen molar-refractivity contribution in [2.45, 2.75) is 56.9 Å². The quantitative estimate of drug-likeness (QED) is 0.484. The van der Waals surface area contributed by atoms with Crippen molar-refractivity contribution in [3.63, 3.8) is 0 Å². The molecule has 5 heterocycles. The molecule has 0 radical (unpaired) electrons. The lowest BCUT2D eigenvalue weighted by atomic mass is 10.0. The number of imidazole rings is 1. The monoisotopic (exact) mass is 434 g/mol. The van der Waals surface area contributed by atoms with Crippen molar-refractivity contribution in [1.82, 2.24) is 15.3 Å². The van der Waals surface area contributed by atoms with E-state index < -0.39 is 0 Å². The Balaban J connectivity index is 1.16. The number of nitrogens with one attached hydrogen (secondary N) is 2. The van der Waals surface area contributed by atoms with Gasteiger partial charge < -0.3 is 10.3 Å². The zero-order valence-corrected chi connectivity index (χ0v) is 18.6. The lowest BCUT2D eigenvalue weighted by molar-refractivity contribution is 0.679. The van der Waals surface area contributed by atoms with Gasteiger partial charge in [0.1, 0.15) is 5.82 Å². The summed E-state index contributed by atoms with van der Waals surface area (Å²) in [6.07, 6.45) is 12.8. The summed E-state index contributed by atoms with van der Waals surface area (Å²) in [5, 5.41) is 3.57. The van der Waals surface area contributed by atoms with Crippen LogP contribution in [0, 0.1) is 0 Å². The number of aromatic amines is 1. The van der Waals surface area contributed by atoms with Crippen LogP contribution in [0.1, 0.15) is 61.6 Å². The Morgan fingerprint density at radius 1 is 0.867 bits per heavy atom. The van der Waals surface area contributed by atoms with Crippen LogP contribution in [0.4, 0.5) is 0 Å². The highest BCUT2D eigenvalue weighted by atomic mass is 32.1. The second-order valence-electron chi connectivity index (χ2n) is 8.59. The van der Waals surface area contributed by atoms with E-state index in [9.17, 15) is 0 Å². The summed E-state index contributed by atoms with van der Waals surface area (Å²) in [7, 11) is 0. The Morgan fingerprint density at radius 2 is 1.63 bits per heavy atom. The van der Waals surface area contributed by atoms with Crippen molar-refractivity contribution >= 4 is 34.0 Å². The van der Waals surface area contributed by atoms with E-state index in [1.54, 1.807) is 0 Å². The normalized spacial score (nSPS) is 22.1. The number of aromatic nitrogens is 2. The van der Waals surface area contributed by atoms with Crippen molar-refractivity contribution in [3.8, 4) is 20.3 Å². The van der Waals surface area contributed by atoms with Gasteiger partial charge in [-0.05, 0) is 62.1 Å². The standard InChI is InChI=1S/C24H26N4S2/c1-2-5-15(4-1)24-27-14-19(28-24)21-8-10-23(30-21)22-9-7-20(29-22)16-12-18(26-13-16)17-6-3-11-25-17/h7-10,13-15,17,25H,1-6,11-12H2,(H,27,28)/t17-/m0/s1. The molecule has 2 aliphatic heterocycles. The molecule has 4 nitrogen and oxygen atoms in total. The molecular weight excluding hydrogens is 408 g/mol. The first kappa shape index (κ1) is 18.7. The molecule has 2 fully saturated rings. The maximum absolute atomic E-state index is 4.73. The van der Waals surface area contributed by atoms with Crippen LogP contribution in [0.5, 0.6) is 0 Å². The highest BCUT2D eigenvalue weighted by Gasteiger charge is 2.24. The molecule has 3 aromatic heterocycles. The number of aliphatic imine (C=N–C) groups is 1. The molecule has 6 rings (SSSR count). The Morgan fingerprint density at radius 3 is 2.43 bits per heavy atom. The van der Waals surface area contributed by atoms with E-state index >= 15 is 0 Å². The van der Waals surface area contributed by atoms with E-state index in [4.69, 9.17) is 4.99 Å².